The van der Waals surface area contributed by atoms with Crippen LogP contribution in [0.1, 0.15) is 56.0 Å². The summed E-state index contributed by atoms with van der Waals surface area (Å²) in [6, 6.07) is 0.947. The molecule has 0 unspecified atom stereocenters. The number of phenolic OH excluding ortho intramolecular Hbond substituents is 2. The topological polar surface area (TPSA) is 83.8 Å². The molecule has 1 aromatic rings. The second-order valence-electron chi connectivity index (χ2n) is 5.46. The molecule has 0 aliphatic rings. The molecule has 0 saturated heterocycles. The maximum absolute atomic E-state index is 12.1. The number of phenols is 2. The summed E-state index contributed by atoms with van der Waals surface area (Å²) in [4.78, 5) is 24.0. The highest BCUT2D eigenvalue weighted by Gasteiger charge is 2.24. The Kier molecular flexibility index (Phi) is 11.9. The Morgan fingerprint density at radius 2 is 1.85 bits per heavy atom. The van der Waals surface area contributed by atoms with Crippen LogP contribution in [-0.2, 0) is 16.0 Å². The predicted molar refractivity (Wildman–Crippen MR) is 104 cm³/mol. The maximum atomic E-state index is 12.1. The molecule has 144 valence electrons. The SMILES string of the molecule is C=CCCOC(=O)c1c(O)cc(O)c(Cl)c1CC(=O)/C=C/CC.CCC. The monoisotopic (exact) mass is 382 g/mol. The number of aromatic hydroxyl groups is 2. The largest absolute Gasteiger partial charge is 0.507 e. The van der Waals surface area contributed by atoms with Crippen LogP contribution in [0.25, 0.3) is 0 Å². The van der Waals surface area contributed by atoms with Gasteiger partial charge in [0.25, 0.3) is 0 Å². The van der Waals surface area contributed by atoms with E-state index in [4.69, 9.17) is 16.3 Å². The normalized spacial score (nSPS) is 10.2. The molecule has 0 bridgehead atoms. The van der Waals surface area contributed by atoms with E-state index in [0.29, 0.717) is 12.8 Å². The van der Waals surface area contributed by atoms with Gasteiger partial charge >= 0.3 is 5.97 Å². The Hall–Kier alpha value is -2.27. The molecule has 6 heteroatoms. The summed E-state index contributed by atoms with van der Waals surface area (Å²) < 4.78 is 5.01. The molecule has 0 atom stereocenters. The Labute approximate surface area is 159 Å². The van der Waals surface area contributed by atoms with Gasteiger partial charge in [-0.15, -0.1) is 6.58 Å². The van der Waals surface area contributed by atoms with Gasteiger partial charge in [-0.25, -0.2) is 4.79 Å². The first-order chi connectivity index (χ1) is 12.3. The minimum Gasteiger partial charge on any atom is -0.507 e. The highest BCUT2D eigenvalue weighted by Crippen LogP contribution is 2.37. The third-order valence-corrected chi connectivity index (χ3v) is 3.39. The van der Waals surface area contributed by atoms with E-state index in [-0.39, 0.29) is 35.0 Å². The van der Waals surface area contributed by atoms with Crippen molar-refractivity contribution in [1.29, 1.82) is 0 Å². The number of halogens is 1. The molecule has 0 amide bonds. The summed E-state index contributed by atoms with van der Waals surface area (Å²) in [7, 11) is 0. The number of carbonyl (C=O) groups is 2. The molecule has 0 spiro atoms. The predicted octanol–water partition coefficient (Wildman–Crippen LogP) is 4.98. The number of ketones is 1. The fourth-order valence-corrected chi connectivity index (χ4v) is 2.08. The number of rotatable bonds is 8. The minimum atomic E-state index is -0.812. The number of benzene rings is 1. The maximum Gasteiger partial charge on any atom is 0.342 e. The second kappa shape index (κ2) is 13.0. The van der Waals surface area contributed by atoms with Crippen molar-refractivity contribution in [3.63, 3.8) is 0 Å². The molecule has 2 N–H and O–H groups in total. The molecule has 0 radical (unpaired) electrons. The van der Waals surface area contributed by atoms with Crippen LogP contribution >= 0.6 is 11.6 Å². The van der Waals surface area contributed by atoms with Gasteiger partial charge in [-0.05, 0) is 18.9 Å². The molecule has 1 aromatic carbocycles. The highest BCUT2D eigenvalue weighted by atomic mass is 35.5. The van der Waals surface area contributed by atoms with Crippen LogP contribution in [0, 0.1) is 0 Å². The Balaban J connectivity index is 0.00000194. The standard InChI is InChI=1S/C17H19ClO5.C3H8/c1-3-5-7-11(19)9-12-15(17(22)23-8-6-4-2)13(20)10-14(21)16(12)18;1-3-2/h4-5,7,10,20-21H,2-3,6,8-9H2,1H3;3H2,1-2H3/b7-5+;. The zero-order valence-corrected chi connectivity index (χ0v) is 16.3. The van der Waals surface area contributed by atoms with Crippen molar-refractivity contribution in [2.24, 2.45) is 0 Å². The van der Waals surface area contributed by atoms with Crippen molar-refractivity contribution in [1.82, 2.24) is 0 Å². The van der Waals surface area contributed by atoms with Crippen LogP contribution in [0.15, 0.2) is 30.9 Å². The van der Waals surface area contributed by atoms with E-state index in [1.54, 1.807) is 12.2 Å². The van der Waals surface area contributed by atoms with Crippen molar-refractivity contribution < 1.29 is 24.5 Å². The zero-order chi connectivity index (χ0) is 20.1. The van der Waals surface area contributed by atoms with Gasteiger partial charge in [0.1, 0.15) is 17.1 Å². The van der Waals surface area contributed by atoms with E-state index in [9.17, 15) is 19.8 Å². The Bertz CT molecular complexity index is 650. The average Bonchev–Trinajstić information content (AvgIpc) is 2.58. The molecule has 0 aromatic heterocycles. The third-order valence-electron chi connectivity index (χ3n) is 2.97. The van der Waals surface area contributed by atoms with Gasteiger partial charge in [-0.3, -0.25) is 4.79 Å². The number of carbonyl (C=O) groups excluding carboxylic acids is 2. The molecule has 0 saturated carbocycles. The van der Waals surface area contributed by atoms with E-state index in [2.05, 4.69) is 20.4 Å². The lowest BCUT2D eigenvalue weighted by Gasteiger charge is -2.13. The summed E-state index contributed by atoms with van der Waals surface area (Å²) in [5.41, 5.74) is -0.173. The first-order valence-electron chi connectivity index (χ1n) is 8.54. The Morgan fingerprint density at radius 3 is 2.38 bits per heavy atom. The van der Waals surface area contributed by atoms with Gasteiger partial charge < -0.3 is 14.9 Å². The number of hydrogen-bond acceptors (Lipinski definition) is 5. The number of allylic oxidation sites excluding steroid dienone is 2. The van der Waals surface area contributed by atoms with Crippen molar-refractivity contribution in [2.75, 3.05) is 6.61 Å². The van der Waals surface area contributed by atoms with Crippen LogP contribution in [0.5, 0.6) is 11.5 Å². The molecular weight excluding hydrogens is 356 g/mol. The molecule has 0 fully saturated rings. The van der Waals surface area contributed by atoms with Gasteiger partial charge in [0.2, 0.25) is 0 Å². The van der Waals surface area contributed by atoms with Crippen molar-refractivity contribution in [3.05, 3.63) is 47.0 Å². The van der Waals surface area contributed by atoms with Crippen molar-refractivity contribution in [2.45, 2.75) is 46.5 Å². The number of esters is 1. The summed E-state index contributed by atoms with van der Waals surface area (Å²) >= 11 is 5.99. The Morgan fingerprint density at radius 1 is 1.23 bits per heavy atom. The summed E-state index contributed by atoms with van der Waals surface area (Å²) in [6.45, 7) is 9.72. The third kappa shape index (κ3) is 7.74. The number of ether oxygens (including phenoxy) is 1. The molecule has 0 aliphatic heterocycles. The second-order valence-corrected chi connectivity index (χ2v) is 5.83. The van der Waals surface area contributed by atoms with Gasteiger partial charge in [-0.1, -0.05) is 50.9 Å². The van der Waals surface area contributed by atoms with Crippen LogP contribution < -0.4 is 0 Å². The van der Waals surface area contributed by atoms with Crippen LogP contribution in [0.2, 0.25) is 5.02 Å². The van der Waals surface area contributed by atoms with Crippen LogP contribution in [0.3, 0.4) is 0 Å². The van der Waals surface area contributed by atoms with Crippen LogP contribution in [0.4, 0.5) is 0 Å². The lowest BCUT2D eigenvalue weighted by molar-refractivity contribution is -0.114. The first kappa shape index (κ1) is 23.7. The smallest absolute Gasteiger partial charge is 0.342 e. The average molecular weight is 383 g/mol. The summed E-state index contributed by atoms with van der Waals surface area (Å²) in [5, 5.41) is 19.5. The molecule has 5 nitrogen and oxygen atoms in total. The molecule has 26 heavy (non-hydrogen) atoms. The van der Waals surface area contributed by atoms with E-state index in [1.807, 2.05) is 6.92 Å². The van der Waals surface area contributed by atoms with E-state index in [0.717, 1.165) is 6.07 Å². The quantitative estimate of drug-likeness (QED) is 0.287. The van der Waals surface area contributed by atoms with E-state index < -0.39 is 17.5 Å². The van der Waals surface area contributed by atoms with Crippen molar-refractivity contribution in [3.8, 4) is 11.5 Å². The van der Waals surface area contributed by atoms with E-state index >= 15 is 0 Å². The van der Waals surface area contributed by atoms with Gasteiger partial charge in [0.15, 0.2) is 5.78 Å². The summed E-state index contributed by atoms with van der Waals surface area (Å²) in [5.74, 6) is -2.01. The zero-order valence-electron chi connectivity index (χ0n) is 15.5. The summed E-state index contributed by atoms with van der Waals surface area (Å²) in [6.07, 6.45) is 6.76. The minimum absolute atomic E-state index is 0.0403. The van der Waals surface area contributed by atoms with Gasteiger partial charge in [-0.2, -0.15) is 0 Å². The highest BCUT2D eigenvalue weighted by molar-refractivity contribution is 6.33. The fraction of sp³-hybridized carbons (Fsp3) is 0.400. The molecular formula is C20H27ClO5. The lowest BCUT2D eigenvalue weighted by Crippen LogP contribution is -2.12. The lowest BCUT2D eigenvalue weighted by atomic mass is 10.00. The molecule has 1 rings (SSSR count). The van der Waals surface area contributed by atoms with Gasteiger partial charge in [0, 0.05) is 18.1 Å². The number of hydrogen-bond donors (Lipinski definition) is 2. The van der Waals surface area contributed by atoms with E-state index in [1.165, 1.54) is 12.5 Å². The molecule has 0 aliphatic carbocycles. The van der Waals surface area contributed by atoms with Crippen molar-refractivity contribution >= 4 is 23.4 Å². The van der Waals surface area contributed by atoms with Crippen LogP contribution in [-0.4, -0.2) is 28.6 Å². The first-order valence-corrected chi connectivity index (χ1v) is 8.92. The fourth-order valence-electron chi connectivity index (χ4n) is 1.87. The van der Waals surface area contributed by atoms with Gasteiger partial charge in [0.05, 0.1) is 11.6 Å². The molecule has 0 heterocycles.